The Hall–Kier alpha value is -2.07. The van der Waals surface area contributed by atoms with E-state index >= 15 is 0 Å². The van der Waals surface area contributed by atoms with Crippen LogP contribution in [0.15, 0.2) is 41.2 Å². The van der Waals surface area contributed by atoms with E-state index in [2.05, 4.69) is 5.32 Å². The zero-order chi connectivity index (χ0) is 14.7. The molecule has 0 aliphatic carbocycles. The second-order valence-corrected chi connectivity index (χ2v) is 5.01. The highest BCUT2D eigenvalue weighted by atomic mass is 35.5. The summed E-state index contributed by atoms with van der Waals surface area (Å²) in [7, 11) is 0. The molecule has 5 heteroatoms. The molecule has 0 saturated heterocycles. The Kier molecular flexibility index (Phi) is 4.25. The van der Waals surface area contributed by atoms with Crippen molar-refractivity contribution >= 4 is 23.2 Å². The van der Waals surface area contributed by atoms with E-state index in [1.807, 2.05) is 13.0 Å². The highest BCUT2D eigenvalue weighted by Crippen LogP contribution is 2.19. The molecule has 0 atom stereocenters. The molecule has 0 spiro atoms. The monoisotopic (exact) mass is 290 g/mol. The third kappa shape index (κ3) is 3.27. The molecular formula is C15H15ClN2O2. The minimum absolute atomic E-state index is 0.0169. The summed E-state index contributed by atoms with van der Waals surface area (Å²) in [6.45, 7) is 3.66. The molecule has 1 aromatic heterocycles. The standard InChI is InChI=1S/C15H15ClN2O2/c1-10-6-7-12(8-13(10)16)17-14(19)9-18-11(2)4-3-5-15(18)20/h3-8H,9H2,1-2H3,(H,17,19). The molecule has 0 radical (unpaired) electrons. The molecule has 0 fully saturated rings. The van der Waals surface area contributed by atoms with Crippen LogP contribution in [0, 0.1) is 13.8 Å². The number of hydrogen-bond donors (Lipinski definition) is 1. The topological polar surface area (TPSA) is 51.1 Å². The van der Waals surface area contributed by atoms with Gasteiger partial charge in [-0.15, -0.1) is 0 Å². The first kappa shape index (κ1) is 14.3. The third-order valence-electron chi connectivity index (χ3n) is 3.03. The highest BCUT2D eigenvalue weighted by Gasteiger charge is 2.07. The van der Waals surface area contributed by atoms with E-state index in [1.165, 1.54) is 10.6 Å². The van der Waals surface area contributed by atoms with Crippen molar-refractivity contribution in [3.63, 3.8) is 0 Å². The van der Waals surface area contributed by atoms with Crippen LogP contribution in [0.4, 0.5) is 5.69 Å². The van der Waals surface area contributed by atoms with Crippen LogP contribution in [0.25, 0.3) is 0 Å². The minimum Gasteiger partial charge on any atom is -0.324 e. The van der Waals surface area contributed by atoms with Crippen molar-refractivity contribution in [2.24, 2.45) is 0 Å². The van der Waals surface area contributed by atoms with Gasteiger partial charge >= 0.3 is 0 Å². The van der Waals surface area contributed by atoms with Gasteiger partial charge in [0.2, 0.25) is 5.91 Å². The average Bonchev–Trinajstić information content (AvgIpc) is 2.38. The Morgan fingerprint density at radius 1 is 1.25 bits per heavy atom. The molecule has 2 rings (SSSR count). The van der Waals surface area contributed by atoms with Gasteiger partial charge in [-0.05, 0) is 37.6 Å². The zero-order valence-corrected chi connectivity index (χ0v) is 12.1. The Bertz CT molecular complexity index is 707. The van der Waals surface area contributed by atoms with E-state index in [4.69, 9.17) is 11.6 Å². The summed E-state index contributed by atoms with van der Waals surface area (Å²) in [5.74, 6) is -0.263. The first-order valence-electron chi connectivity index (χ1n) is 6.20. The lowest BCUT2D eigenvalue weighted by Gasteiger charge is -2.10. The fourth-order valence-electron chi connectivity index (χ4n) is 1.84. The van der Waals surface area contributed by atoms with Crippen LogP contribution in [0.1, 0.15) is 11.3 Å². The largest absolute Gasteiger partial charge is 0.324 e. The molecule has 0 aliphatic rings. The van der Waals surface area contributed by atoms with Gasteiger partial charge in [-0.3, -0.25) is 9.59 Å². The SMILES string of the molecule is Cc1ccc(NC(=O)Cn2c(C)cccc2=O)cc1Cl. The van der Waals surface area contributed by atoms with Gasteiger partial charge < -0.3 is 9.88 Å². The van der Waals surface area contributed by atoms with Crippen LogP contribution < -0.4 is 10.9 Å². The Morgan fingerprint density at radius 3 is 2.65 bits per heavy atom. The van der Waals surface area contributed by atoms with Gasteiger partial charge in [-0.1, -0.05) is 23.7 Å². The second-order valence-electron chi connectivity index (χ2n) is 4.60. The van der Waals surface area contributed by atoms with Crippen LogP contribution in [0.2, 0.25) is 5.02 Å². The molecule has 1 amide bonds. The van der Waals surface area contributed by atoms with Crippen molar-refractivity contribution in [2.45, 2.75) is 20.4 Å². The molecule has 0 saturated carbocycles. The molecule has 1 heterocycles. The number of carbonyl (C=O) groups excluding carboxylic acids is 1. The van der Waals surface area contributed by atoms with Crippen LogP contribution in [0.5, 0.6) is 0 Å². The van der Waals surface area contributed by atoms with E-state index < -0.39 is 0 Å². The van der Waals surface area contributed by atoms with Crippen LogP contribution in [-0.2, 0) is 11.3 Å². The summed E-state index contributed by atoms with van der Waals surface area (Å²) in [5.41, 5.74) is 2.11. The molecule has 0 aliphatic heterocycles. The van der Waals surface area contributed by atoms with E-state index in [0.717, 1.165) is 11.3 Å². The maximum atomic E-state index is 12.0. The molecule has 104 valence electrons. The molecule has 2 aromatic rings. The maximum absolute atomic E-state index is 12.0. The van der Waals surface area contributed by atoms with Gasteiger partial charge in [-0.2, -0.15) is 0 Å². The maximum Gasteiger partial charge on any atom is 0.251 e. The number of amides is 1. The van der Waals surface area contributed by atoms with Crippen LogP contribution >= 0.6 is 11.6 Å². The first-order chi connectivity index (χ1) is 9.47. The van der Waals surface area contributed by atoms with Crippen LogP contribution in [-0.4, -0.2) is 10.5 Å². The normalized spacial score (nSPS) is 10.3. The van der Waals surface area contributed by atoms with Crippen molar-refractivity contribution in [1.29, 1.82) is 0 Å². The van der Waals surface area contributed by atoms with Crippen molar-refractivity contribution in [3.05, 3.63) is 63.0 Å². The van der Waals surface area contributed by atoms with E-state index in [1.54, 1.807) is 31.2 Å². The number of halogens is 1. The summed E-state index contributed by atoms with van der Waals surface area (Å²) in [6, 6.07) is 10.2. The van der Waals surface area contributed by atoms with Crippen molar-refractivity contribution in [1.82, 2.24) is 4.57 Å². The molecule has 0 bridgehead atoms. The zero-order valence-electron chi connectivity index (χ0n) is 11.3. The number of aryl methyl sites for hydroxylation is 2. The first-order valence-corrected chi connectivity index (χ1v) is 6.57. The highest BCUT2D eigenvalue weighted by molar-refractivity contribution is 6.31. The number of benzene rings is 1. The van der Waals surface area contributed by atoms with Gasteiger partial charge in [0.15, 0.2) is 0 Å². The van der Waals surface area contributed by atoms with Gasteiger partial charge in [-0.25, -0.2) is 0 Å². The molecule has 20 heavy (non-hydrogen) atoms. The number of carbonyl (C=O) groups is 1. The number of nitrogens with one attached hydrogen (secondary N) is 1. The predicted octanol–water partition coefficient (Wildman–Crippen LogP) is 2.76. The van der Waals surface area contributed by atoms with E-state index in [9.17, 15) is 9.59 Å². The quantitative estimate of drug-likeness (QED) is 0.945. The van der Waals surface area contributed by atoms with Gasteiger partial charge in [0.1, 0.15) is 6.54 Å². The van der Waals surface area contributed by atoms with Gasteiger partial charge in [0, 0.05) is 22.5 Å². The summed E-state index contributed by atoms with van der Waals surface area (Å²) in [5, 5.41) is 3.32. The summed E-state index contributed by atoms with van der Waals surface area (Å²) >= 11 is 6.00. The number of rotatable bonds is 3. The fourth-order valence-corrected chi connectivity index (χ4v) is 2.02. The van der Waals surface area contributed by atoms with Crippen molar-refractivity contribution in [2.75, 3.05) is 5.32 Å². The average molecular weight is 291 g/mol. The number of anilines is 1. The summed E-state index contributed by atoms with van der Waals surface area (Å²) < 4.78 is 1.42. The van der Waals surface area contributed by atoms with Gasteiger partial charge in [0.05, 0.1) is 0 Å². The predicted molar refractivity (Wildman–Crippen MR) is 80.3 cm³/mol. The Labute approximate surface area is 122 Å². The smallest absolute Gasteiger partial charge is 0.251 e. The molecule has 1 aromatic carbocycles. The molecule has 0 unspecified atom stereocenters. The lowest BCUT2D eigenvalue weighted by Crippen LogP contribution is -2.28. The molecule has 1 N–H and O–H groups in total. The third-order valence-corrected chi connectivity index (χ3v) is 3.43. The minimum atomic E-state index is -0.263. The van der Waals surface area contributed by atoms with Crippen LogP contribution in [0.3, 0.4) is 0 Å². The van der Waals surface area contributed by atoms with E-state index in [0.29, 0.717) is 10.7 Å². The summed E-state index contributed by atoms with van der Waals surface area (Å²) in [6.07, 6.45) is 0. The molecular weight excluding hydrogens is 276 g/mol. The second kappa shape index (κ2) is 5.92. The summed E-state index contributed by atoms with van der Waals surface area (Å²) in [4.78, 5) is 23.7. The number of nitrogens with zero attached hydrogens (tertiary/aromatic N) is 1. The number of hydrogen-bond acceptors (Lipinski definition) is 2. The Balaban J connectivity index is 2.13. The lowest BCUT2D eigenvalue weighted by atomic mass is 10.2. The van der Waals surface area contributed by atoms with Gasteiger partial charge in [0.25, 0.3) is 5.56 Å². The van der Waals surface area contributed by atoms with E-state index in [-0.39, 0.29) is 18.0 Å². The number of pyridine rings is 1. The fraction of sp³-hybridized carbons (Fsp3) is 0.200. The molecule has 4 nitrogen and oxygen atoms in total. The Morgan fingerprint density at radius 2 is 2.00 bits per heavy atom. The number of aromatic nitrogens is 1. The van der Waals surface area contributed by atoms with Crippen molar-refractivity contribution < 1.29 is 4.79 Å². The lowest BCUT2D eigenvalue weighted by molar-refractivity contribution is -0.116. The van der Waals surface area contributed by atoms with Crippen molar-refractivity contribution in [3.8, 4) is 0 Å².